The quantitative estimate of drug-likeness (QED) is 0.111. The van der Waals surface area contributed by atoms with Gasteiger partial charge in [-0.05, 0) is 89.0 Å². The van der Waals surface area contributed by atoms with Crippen LogP contribution >= 0.6 is 0 Å². The molecule has 13 heteroatoms. The highest BCUT2D eigenvalue weighted by molar-refractivity contribution is 7.89. The summed E-state index contributed by atoms with van der Waals surface area (Å²) in [5.74, 6) is -0.0619. The zero-order valence-electron chi connectivity index (χ0n) is 30.6. The predicted molar refractivity (Wildman–Crippen MR) is 206 cm³/mol. The molecule has 52 heavy (non-hydrogen) atoms. The molecule has 3 aromatic rings. The third-order valence-corrected chi connectivity index (χ3v) is 11.9. The molecule has 1 aliphatic heterocycles. The number of rotatable bonds is 15. The van der Waals surface area contributed by atoms with Crippen molar-refractivity contribution in [3.63, 3.8) is 0 Å². The number of allylic oxidation sites excluding steroid dienone is 2. The summed E-state index contributed by atoms with van der Waals surface area (Å²) < 4.78 is 55.2. The average Bonchev–Trinajstić information content (AvgIpc) is 3.12. The fourth-order valence-electron chi connectivity index (χ4n) is 6.35. The van der Waals surface area contributed by atoms with Crippen LogP contribution in [0, 0.1) is 11.8 Å². The Morgan fingerprint density at radius 1 is 1.08 bits per heavy atom. The van der Waals surface area contributed by atoms with Crippen LogP contribution in [0.4, 0.5) is 5.69 Å². The van der Waals surface area contributed by atoms with E-state index in [1.54, 1.807) is 18.2 Å². The van der Waals surface area contributed by atoms with Crippen LogP contribution in [0.25, 0.3) is 10.8 Å². The van der Waals surface area contributed by atoms with Crippen molar-refractivity contribution in [2.75, 3.05) is 45.6 Å². The zero-order valence-corrected chi connectivity index (χ0v) is 32.2. The maximum atomic E-state index is 13.4. The Morgan fingerprint density at radius 2 is 1.79 bits per heavy atom. The van der Waals surface area contributed by atoms with E-state index in [4.69, 9.17) is 10.5 Å². The van der Waals surface area contributed by atoms with Crippen LogP contribution in [-0.2, 0) is 37.1 Å². The van der Waals surface area contributed by atoms with Gasteiger partial charge in [0.25, 0.3) is 0 Å². The minimum Gasteiger partial charge on any atom is -0.769 e. The van der Waals surface area contributed by atoms with E-state index in [0.717, 1.165) is 17.8 Å². The van der Waals surface area contributed by atoms with Crippen LogP contribution in [0.3, 0.4) is 0 Å². The van der Waals surface area contributed by atoms with Crippen molar-refractivity contribution in [1.82, 2.24) is 14.5 Å². The van der Waals surface area contributed by atoms with E-state index in [1.165, 1.54) is 27.2 Å². The number of unbranched alkanes of at least 4 members (excludes halogenated alkanes) is 1. The summed E-state index contributed by atoms with van der Waals surface area (Å²) in [6, 6.07) is 20.1. The number of nitrogens with two attached hydrogens (primary N) is 1. The molecule has 4 N–H and O–H groups in total. The molecule has 1 amide bonds. The predicted octanol–water partition coefficient (Wildman–Crippen LogP) is 4.96. The number of likely N-dealkylation sites (N-methyl/N-ethyl adjacent to an activating group) is 1. The van der Waals surface area contributed by atoms with E-state index >= 15 is 0 Å². The van der Waals surface area contributed by atoms with Crippen LogP contribution in [0.1, 0.15) is 52.0 Å². The molecule has 0 spiro atoms. The Morgan fingerprint density at radius 3 is 2.46 bits per heavy atom. The lowest BCUT2D eigenvalue weighted by Gasteiger charge is -2.36. The maximum absolute atomic E-state index is 13.4. The van der Waals surface area contributed by atoms with Crippen molar-refractivity contribution in [2.45, 2.75) is 69.9 Å². The minimum atomic E-state index is -3.79. The summed E-state index contributed by atoms with van der Waals surface area (Å²) in [6.07, 6.45) is 6.41. The Bertz CT molecular complexity index is 1830. The maximum Gasteiger partial charge on any atom is 0.243 e. The molecule has 1 saturated heterocycles. The number of anilines is 1. The Hall–Kier alpha value is -3.59. The van der Waals surface area contributed by atoms with Crippen LogP contribution in [-0.4, -0.2) is 89.4 Å². The van der Waals surface area contributed by atoms with Gasteiger partial charge < -0.3 is 30.3 Å². The van der Waals surface area contributed by atoms with Crippen LogP contribution in [0.2, 0.25) is 0 Å². The first-order valence-corrected chi connectivity index (χ1v) is 20.4. The van der Waals surface area contributed by atoms with Crippen molar-refractivity contribution in [3.8, 4) is 0 Å². The minimum absolute atomic E-state index is 0.00392. The highest BCUT2D eigenvalue weighted by Crippen LogP contribution is 2.28. The number of sulfonamides is 1. The molecule has 0 aromatic heterocycles. The molecule has 1 heterocycles. The Balaban J connectivity index is 0.000000358. The number of aliphatic hydroxyl groups excluding tert-OH is 1. The summed E-state index contributed by atoms with van der Waals surface area (Å²) in [5, 5.41) is 15.5. The van der Waals surface area contributed by atoms with Gasteiger partial charge >= 0.3 is 0 Å². The standard InChI is InChI=1S/C30H41N3O4S.C9H13NO3S/c1-22(2)20-33(38(36,37)29-15-13-27(31)14-16-29)28(21-34)10-6-7-17-32-30(35)23(3)18-24-11-12-25-8-4-5-9-26(25)19-24;1-10-4-5-13-9-6-7(14(11)12)2-3-8(9)10/h4-5,8-9,11-16,19,22-23,28,34H,6-7,10,17-18,20-21,31H2,1-3H3,(H,32,35);2-3,9H,4-6H2,1H3,(H,11,12)/p-1/t23-,28-;/m0./s1. The van der Waals surface area contributed by atoms with Crippen molar-refractivity contribution in [3.05, 3.63) is 95.0 Å². The molecule has 0 radical (unpaired) electrons. The Kier molecular flexibility index (Phi) is 15.4. The first kappa shape index (κ1) is 41.2. The van der Waals surface area contributed by atoms with Gasteiger partial charge in [0.15, 0.2) is 0 Å². The number of benzene rings is 3. The summed E-state index contributed by atoms with van der Waals surface area (Å²) in [4.78, 5) is 15.4. The van der Waals surface area contributed by atoms with Gasteiger partial charge in [-0.3, -0.25) is 9.00 Å². The summed E-state index contributed by atoms with van der Waals surface area (Å²) in [7, 11) is -1.79. The number of nitrogens with zero attached hydrogens (tertiary/aromatic N) is 2. The molecular formula is C39H53N4O7S2-. The fraction of sp³-hybridized carbons (Fsp3) is 0.462. The first-order valence-electron chi connectivity index (χ1n) is 17.9. The SMILES string of the molecule is CC(C)CN([C@H](CO)CCCCNC(=O)[C@@H](C)Cc1ccc2ccccc2c1)S(=O)(=O)c1ccc(N)cc1.CN1CCOC2CC(S(=O)[O-])=CC=C21. The van der Waals surface area contributed by atoms with Gasteiger partial charge in [-0.1, -0.05) is 69.7 Å². The lowest BCUT2D eigenvalue weighted by atomic mass is 9.98. The topological polar surface area (TPSA) is 165 Å². The fourth-order valence-corrected chi connectivity index (χ4v) is 8.63. The lowest BCUT2D eigenvalue weighted by molar-refractivity contribution is -0.124. The van der Waals surface area contributed by atoms with E-state index in [1.807, 2.05) is 46.0 Å². The van der Waals surface area contributed by atoms with Gasteiger partial charge in [-0.15, -0.1) is 0 Å². The zero-order chi connectivity index (χ0) is 37.8. The molecule has 284 valence electrons. The van der Waals surface area contributed by atoms with Gasteiger partial charge in [0, 0.05) is 61.4 Å². The molecule has 5 rings (SSSR count). The molecule has 3 aromatic carbocycles. The molecule has 0 saturated carbocycles. The number of nitrogens with one attached hydrogen (secondary N) is 1. The van der Waals surface area contributed by atoms with Crippen molar-refractivity contribution < 1.29 is 31.8 Å². The summed E-state index contributed by atoms with van der Waals surface area (Å²) in [6.45, 7) is 7.91. The molecule has 2 aliphatic rings. The van der Waals surface area contributed by atoms with Gasteiger partial charge in [0.2, 0.25) is 15.9 Å². The molecule has 11 nitrogen and oxygen atoms in total. The molecule has 2 unspecified atom stereocenters. The second-order valence-corrected chi connectivity index (χ2v) is 16.8. The van der Waals surface area contributed by atoms with E-state index < -0.39 is 27.1 Å². The number of fused-ring (bicyclic) bond motifs is 2. The number of ether oxygens (including phenoxy) is 1. The Labute approximate surface area is 311 Å². The summed E-state index contributed by atoms with van der Waals surface area (Å²) in [5.41, 5.74) is 8.42. The molecule has 1 fully saturated rings. The third kappa shape index (κ3) is 11.5. The number of hydrogen-bond donors (Lipinski definition) is 3. The molecular weight excluding hydrogens is 701 g/mol. The monoisotopic (exact) mass is 753 g/mol. The molecule has 0 bridgehead atoms. The van der Waals surface area contributed by atoms with E-state index in [2.05, 4.69) is 40.5 Å². The number of hydrogen-bond acceptors (Lipinski definition) is 9. The van der Waals surface area contributed by atoms with Gasteiger partial charge in [-0.25, -0.2) is 8.42 Å². The van der Waals surface area contributed by atoms with E-state index in [-0.39, 0.29) is 35.3 Å². The highest BCUT2D eigenvalue weighted by atomic mass is 32.2. The van der Waals surface area contributed by atoms with E-state index in [9.17, 15) is 27.1 Å². The number of morpholine rings is 1. The van der Waals surface area contributed by atoms with E-state index in [0.29, 0.717) is 62.4 Å². The largest absolute Gasteiger partial charge is 0.769 e. The second kappa shape index (κ2) is 19.5. The average molecular weight is 754 g/mol. The number of carbonyl (C=O) groups excluding carboxylic acids is 1. The van der Waals surface area contributed by atoms with Crippen LogP contribution < -0.4 is 11.1 Å². The van der Waals surface area contributed by atoms with Crippen LogP contribution in [0.15, 0.2) is 94.4 Å². The van der Waals surface area contributed by atoms with Gasteiger partial charge in [0.1, 0.15) is 6.10 Å². The third-order valence-electron chi connectivity index (χ3n) is 9.27. The number of nitrogen functional groups attached to an aromatic ring is 1. The second-order valence-electron chi connectivity index (χ2n) is 13.9. The van der Waals surface area contributed by atoms with Gasteiger partial charge in [-0.2, -0.15) is 4.31 Å². The molecule has 1 aliphatic carbocycles. The normalized spacial score (nSPS) is 17.8. The lowest BCUT2D eigenvalue weighted by Crippen LogP contribution is -2.44. The first-order chi connectivity index (χ1) is 24.8. The molecule has 4 atom stereocenters. The summed E-state index contributed by atoms with van der Waals surface area (Å²) >= 11 is -2.11. The van der Waals surface area contributed by atoms with Crippen molar-refractivity contribution in [2.24, 2.45) is 11.8 Å². The number of amides is 1. The number of carbonyl (C=O) groups is 1. The highest BCUT2D eigenvalue weighted by Gasteiger charge is 2.31. The number of aliphatic hydroxyl groups is 1. The van der Waals surface area contributed by atoms with Gasteiger partial charge in [0.05, 0.1) is 18.1 Å². The van der Waals surface area contributed by atoms with Crippen molar-refractivity contribution in [1.29, 1.82) is 0 Å². The van der Waals surface area contributed by atoms with Crippen LogP contribution in [0.5, 0.6) is 0 Å². The van der Waals surface area contributed by atoms with Crippen molar-refractivity contribution >= 4 is 43.5 Å². The smallest absolute Gasteiger partial charge is 0.243 e.